The van der Waals surface area contributed by atoms with Crippen LogP contribution in [-0.4, -0.2) is 56.7 Å². The number of methoxy groups -OCH3 is 1. The van der Waals surface area contributed by atoms with Gasteiger partial charge in [-0.1, -0.05) is 30.3 Å². The smallest absolute Gasteiger partial charge is 0.326 e. The Morgan fingerprint density at radius 1 is 1.27 bits per heavy atom. The maximum atomic E-state index is 11.7. The van der Waals surface area contributed by atoms with Crippen molar-refractivity contribution in [3.8, 4) is 0 Å². The highest BCUT2D eigenvalue weighted by Gasteiger charge is 2.23. The van der Waals surface area contributed by atoms with E-state index in [1.807, 2.05) is 0 Å². The molecule has 0 heterocycles. The average Bonchev–Trinajstić information content (AvgIpc) is 2.45. The van der Waals surface area contributed by atoms with Gasteiger partial charge in [-0.3, -0.25) is 4.79 Å². The molecule has 0 unspecified atom stereocenters. The number of benzene rings is 1. The predicted molar refractivity (Wildman–Crippen MR) is 80.2 cm³/mol. The zero-order chi connectivity index (χ0) is 16.6. The molecule has 1 aromatic carbocycles. The maximum Gasteiger partial charge on any atom is 0.326 e. The monoisotopic (exact) mass is 329 g/mol. The summed E-state index contributed by atoms with van der Waals surface area (Å²) in [5.41, 5.74) is 0.734. The first-order chi connectivity index (χ1) is 10.3. The van der Waals surface area contributed by atoms with Gasteiger partial charge in [0.2, 0.25) is 5.91 Å². The number of carbonyl (C=O) groups excluding carboxylic acids is 1. The summed E-state index contributed by atoms with van der Waals surface area (Å²) in [6.07, 6.45) is 0.0834. The van der Waals surface area contributed by atoms with Crippen LogP contribution in [0.15, 0.2) is 30.3 Å². The zero-order valence-corrected chi connectivity index (χ0v) is 13.0. The third kappa shape index (κ3) is 6.68. The van der Waals surface area contributed by atoms with Gasteiger partial charge in [0.25, 0.3) is 0 Å². The van der Waals surface area contributed by atoms with Gasteiger partial charge in [0.15, 0.2) is 9.84 Å². The Labute approximate surface area is 129 Å². The Balaban J connectivity index is 2.63. The Hall–Kier alpha value is -1.93. The number of hydrogen-bond donors (Lipinski definition) is 2. The number of nitrogens with one attached hydrogen (secondary N) is 1. The van der Waals surface area contributed by atoms with E-state index in [4.69, 9.17) is 5.11 Å². The summed E-state index contributed by atoms with van der Waals surface area (Å²) in [6.45, 7) is -0.0119. The molecule has 1 rings (SSSR count). The first kappa shape index (κ1) is 18.1. The predicted octanol–water partition coefficient (Wildman–Crippen LogP) is -0.140. The molecular formula is C14H19NO6S. The van der Waals surface area contributed by atoms with Gasteiger partial charge in [-0.25, -0.2) is 13.2 Å². The van der Waals surface area contributed by atoms with E-state index in [0.717, 1.165) is 5.56 Å². The molecule has 122 valence electrons. The van der Waals surface area contributed by atoms with Crippen LogP contribution in [0.2, 0.25) is 0 Å². The van der Waals surface area contributed by atoms with Crippen molar-refractivity contribution < 1.29 is 27.9 Å². The van der Waals surface area contributed by atoms with Crippen LogP contribution in [0.1, 0.15) is 5.56 Å². The number of hydrogen-bond acceptors (Lipinski definition) is 5. The molecular weight excluding hydrogens is 310 g/mol. The Bertz CT molecular complexity index is 599. The first-order valence-electron chi connectivity index (χ1n) is 6.59. The number of amides is 1. The fourth-order valence-corrected chi connectivity index (χ4v) is 2.82. The summed E-state index contributed by atoms with van der Waals surface area (Å²) in [7, 11) is -2.26. The van der Waals surface area contributed by atoms with Gasteiger partial charge in [-0.05, 0) is 5.56 Å². The largest absolute Gasteiger partial charge is 0.480 e. The fourth-order valence-electron chi connectivity index (χ4n) is 1.77. The summed E-state index contributed by atoms with van der Waals surface area (Å²) < 4.78 is 27.9. The highest BCUT2D eigenvalue weighted by Crippen LogP contribution is 2.04. The topological polar surface area (TPSA) is 110 Å². The van der Waals surface area contributed by atoms with Crippen molar-refractivity contribution in [3.63, 3.8) is 0 Å². The standard InChI is InChI=1S/C14H19NO6S/c1-21-7-8-22(19,20)10-13(16)15-12(14(17)18)9-11-5-3-2-4-6-11/h2-6,12H,7-10H2,1H3,(H,15,16)(H,17,18)/t12-/m0/s1. The van der Waals surface area contributed by atoms with Gasteiger partial charge in [-0.15, -0.1) is 0 Å². The molecule has 2 N–H and O–H groups in total. The summed E-state index contributed by atoms with van der Waals surface area (Å²) >= 11 is 0. The highest BCUT2D eigenvalue weighted by atomic mass is 32.2. The van der Waals surface area contributed by atoms with Crippen molar-refractivity contribution >= 4 is 21.7 Å². The minimum absolute atomic E-state index is 0.0119. The molecule has 0 bridgehead atoms. The van der Waals surface area contributed by atoms with Gasteiger partial charge in [-0.2, -0.15) is 0 Å². The van der Waals surface area contributed by atoms with E-state index in [1.54, 1.807) is 30.3 Å². The van der Waals surface area contributed by atoms with Gasteiger partial charge in [0.1, 0.15) is 11.8 Å². The number of sulfone groups is 1. The van der Waals surface area contributed by atoms with Crippen molar-refractivity contribution in [1.29, 1.82) is 0 Å². The molecule has 0 aliphatic carbocycles. The Kier molecular flexibility index (Phi) is 7.00. The van der Waals surface area contributed by atoms with E-state index in [9.17, 15) is 18.0 Å². The lowest BCUT2D eigenvalue weighted by atomic mass is 10.1. The second-order valence-corrected chi connectivity index (χ2v) is 6.92. The van der Waals surface area contributed by atoms with Gasteiger partial charge in [0, 0.05) is 13.5 Å². The van der Waals surface area contributed by atoms with Crippen molar-refractivity contribution in [1.82, 2.24) is 5.32 Å². The minimum Gasteiger partial charge on any atom is -0.480 e. The summed E-state index contributed by atoms with van der Waals surface area (Å²) in [4.78, 5) is 22.9. The van der Waals surface area contributed by atoms with Crippen molar-refractivity contribution in [2.75, 3.05) is 25.2 Å². The van der Waals surface area contributed by atoms with Crippen LogP contribution in [0.25, 0.3) is 0 Å². The van der Waals surface area contributed by atoms with Crippen LogP contribution in [0.3, 0.4) is 0 Å². The highest BCUT2D eigenvalue weighted by molar-refractivity contribution is 7.92. The second kappa shape index (κ2) is 8.50. The second-order valence-electron chi connectivity index (χ2n) is 4.73. The number of carboxylic acids is 1. The molecule has 0 aromatic heterocycles. The molecule has 0 radical (unpaired) electrons. The van der Waals surface area contributed by atoms with E-state index in [-0.39, 0.29) is 18.8 Å². The van der Waals surface area contributed by atoms with Crippen LogP contribution in [-0.2, 0) is 30.6 Å². The molecule has 0 aliphatic rings. The Morgan fingerprint density at radius 3 is 2.45 bits per heavy atom. The molecule has 22 heavy (non-hydrogen) atoms. The molecule has 0 aliphatic heterocycles. The van der Waals surface area contributed by atoms with Gasteiger partial charge < -0.3 is 15.2 Å². The average molecular weight is 329 g/mol. The molecule has 0 spiro atoms. The maximum absolute atomic E-state index is 11.7. The molecule has 1 atom stereocenters. The molecule has 1 aromatic rings. The number of carboxylic acid groups (broad SMARTS) is 1. The van der Waals surface area contributed by atoms with Crippen LogP contribution >= 0.6 is 0 Å². The quantitative estimate of drug-likeness (QED) is 0.652. The number of ether oxygens (including phenoxy) is 1. The number of aliphatic carboxylic acids is 1. The van der Waals surface area contributed by atoms with Crippen LogP contribution < -0.4 is 5.32 Å². The summed E-state index contributed by atoms with van der Waals surface area (Å²) in [5.74, 6) is -3.09. The zero-order valence-electron chi connectivity index (χ0n) is 12.2. The lowest BCUT2D eigenvalue weighted by Gasteiger charge is -2.14. The SMILES string of the molecule is COCCS(=O)(=O)CC(=O)N[C@@H](Cc1ccccc1)C(=O)O. The van der Waals surface area contributed by atoms with Crippen molar-refractivity contribution in [2.45, 2.75) is 12.5 Å². The molecule has 8 heteroatoms. The molecule has 0 fully saturated rings. The molecule has 0 saturated heterocycles. The fraction of sp³-hybridized carbons (Fsp3) is 0.429. The van der Waals surface area contributed by atoms with E-state index in [0.29, 0.717) is 0 Å². The lowest BCUT2D eigenvalue weighted by molar-refractivity contribution is -0.141. The summed E-state index contributed by atoms with van der Waals surface area (Å²) in [5, 5.41) is 11.4. The molecule has 7 nitrogen and oxygen atoms in total. The van der Waals surface area contributed by atoms with E-state index >= 15 is 0 Å². The van der Waals surface area contributed by atoms with E-state index < -0.39 is 33.5 Å². The van der Waals surface area contributed by atoms with E-state index in [1.165, 1.54) is 7.11 Å². The van der Waals surface area contributed by atoms with E-state index in [2.05, 4.69) is 10.1 Å². The number of rotatable bonds is 9. The van der Waals surface area contributed by atoms with Crippen LogP contribution in [0.4, 0.5) is 0 Å². The van der Waals surface area contributed by atoms with Crippen LogP contribution in [0, 0.1) is 0 Å². The van der Waals surface area contributed by atoms with Crippen LogP contribution in [0.5, 0.6) is 0 Å². The third-order valence-corrected chi connectivity index (χ3v) is 4.36. The van der Waals surface area contributed by atoms with Gasteiger partial charge >= 0.3 is 5.97 Å². The van der Waals surface area contributed by atoms with Crippen molar-refractivity contribution in [3.05, 3.63) is 35.9 Å². The first-order valence-corrected chi connectivity index (χ1v) is 8.41. The number of carbonyl (C=O) groups is 2. The Morgan fingerprint density at radius 2 is 1.91 bits per heavy atom. The lowest BCUT2D eigenvalue weighted by Crippen LogP contribution is -2.45. The minimum atomic E-state index is -3.62. The molecule has 1 amide bonds. The normalized spacial score (nSPS) is 12.6. The summed E-state index contributed by atoms with van der Waals surface area (Å²) in [6, 6.07) is 7.60. The third-order valence-electron chi connectivity index (χ3n) is 2.87. The van der Waals surface area contributed by atoms with Gasteiger partial charge in [0.05, 0.1) is 12.4 Å². The molecule has 0 saturated carbocycles. The van der Waals surface area contributed by atoms with Crippen molar-refractivity contribution in [2.24, 2.45) is 0 Å².